The quantitative estimate of drug-likeness (QED) is 0.184. The van der Waals surface area contributed by atoms with Crippen molar-refractivity contribution in [3.8, 4) is 5.75 Å². The average Bonchev–Trinajstić information content (AvgIpc) is 3.14. The fourth-order valence-corrected chi connectivity index (χ4v) is 7.60. The molecule has 1 saturated carbocycles. The van der Waals surface area contributed by atoms with Crippen molar-refractivity contribution in [1.29, 1.82) is 0 Å². The van der Waals surface area contributed by atoms with Crippen molar-refractivity contribution in [2.24, 2.45) is 0 Å². The number of nitrogens with zero attached hydrogens (tertiary/aromatic N) is 1. The molecule has 1 unspecified atom stereocenters. The van der Waals surface area contributed by atoms with Gasteiger partial charge in [0.05, 0.1) is 6.08 Å². The molecule has 5 rings (SSSR count). The van der Waals surface area contributed by atoms with Gasteiger partial charge in [0.25, 0.3) is 0 Å². The van der Waals surface area contributed by atoms with Crippen molar-refractivity contribution in [3.63, 3.8) is 0 Å². The number of rotatable bonds is 13. The Morgan fingerprint density at radius 1 is 0.935 bits per heavy atom. The normalized spacial score (nSPS) is 17.4. The zero-order chi connectivity index (χ0) is 32.7. The van der Waals surface area contributed by atoms with Crippen LogP contribution in [-0.2, 0) is 16.0 Å². The van der Waals surface area contributed by atoms with Gasteiger partial charge in [-0.25, -0.2) is 18.4 Å². The summed E-state index contributed by atoms with van der Waals surface area (Å²) in [7, 11) is 1.61. The first-order valence-electron chi connectivity index (χ1n) is 16.4. The minimum atomic E-state index is -1.29. The number of hydrogen-bond acceptors (Lipinski definition) is 4. The fourth-order valence-electron chi connectivity index (χ4n) is 7.60. The second-order valence-electron chi connectivity index (χ2n) is 12.8. The van der Waals surface area contributed by atoms with Gasteiger partial charge in [-0.3, -0.25) is 0 Å². The molecule has 0 aromatic heterocycles. The van der Waals surface area contributed by atoms with Crippen molar-refractivity contribution in [2.75, 3.05) is 13.6 Å². The number of ether oxygens (including phenoxy) is 1. The Balaban J connectivity index is 1.37. The Morgan fingerprint density at radius 3 is 2.15 bits per heavy atom. The van der Waals surface area contributed by atoms with Gasteiger partial charge in [-0.2, -0.15) is 0 Å². The highest BCUT2D eigenvalue weighted by atomic mass is 19.1. The molecule has 0 radical (unpaired) electrons. The molecule has 46 heavy (non-hydrogen) atoms. The van der Waals surface area contributed by atoms with Gasteiger partial charge in [0, 0.05) is 31.0 Å². The van der Waals surface area contributed by atoms with Crippen LogP contribution >= 0.6 is 0 Å². The van der Waals surface area contributed by atoms with Gasteiger partial charge in [-0.15, -0.1) is 0 Å². The number of carboxylic acid groups (broad SMARTS) is 2. The van der Waals surface area contributed by atoms with E-state index in [1.807, 2.05) is 18.2 Å². The van der Waals surface area contributed by atoms with Crippen LogP contribution in [0.3, 0.4) is 0 Å². The van der Waals surface area contributed by atoms with Crippen LogP contribution < -0.4 is 4.74 Å². The van der Waals surface area contributed by atoms with Crippen molar-refractivity contribution in [2.45, 2.75) is 88.1 Å². The first-order valence-corrected chi connectivity index (χ1v) is 16.4. The number of benzene rings is 3. The summed E-state index contributed by atoms with van der Waals surface area (Å²) in [4.78, 5) is 24.4. The van der Waals surface area contributed by atoms with Crippen molar-refractivity contribution in [3.05, 3.63) is 112 Å². The van der Waals surface area contributed by atoms with E-state index >= 15 is 0 Å². The van der Waals surface area contributed by atoms with Gasteiger partial charge in [-0.1, -0.05) is 49.2 Å². The molecule has 1 fully saturated rings. The number of halogens is 2. The van der Waals surface area contributed by atoms with E-state index in [2.05, 4.69) is 12.1 Å². The number of aryl methyl sites for hydroxylation is 1. The molecule has 1 spiro atoms. The van der Waals surface area contributed by atoms with Crippen LogP contribution in [0.1, 0.15) is 98.3 Å². The minimum Gasteiger partial charge on any atom is -0.486 e. The molecular formula is C38H43F2NO5. The molecule has 3 aromatic carbocycles. The predicted molar refractivity (Wildman–Crippen MR) is 173 cm³/mol. The SMILES string of the molecule is CN(CCCC1c2c(CCCC(c3cccc(F)c3)c3cccc(F)c3)cccc2OC12CCCCCC2)C(=CC(=O)O)C(=O)O. The summed E-state index contributed by atoms with van der Waals surface area (Å²) in [5.41, 5.74) is 3.53. The molecule has 2 aliphatic rings. The number of carbonyl (C=O) groups is 2. The van der Waals surface area contributed by atoms with Gasteiger partial charge >= 0.3 is 11.9 Å². The Bertz CT molecular complexity index is 1520. The lowest BCUT2D eigenvalue weighted by Crippen LogP contribution is -2.38. The summed E-state index contributed by atoms with van der Waals surface area (Å²) in [6.07, 6.45) is 10.9. The first kappa shape index (κ1) is 33.2. The summed E-state index contributed by atoms with van der Waals surface area (Å²) in [5, 5.41) is 18.7. The highest BCUT2D eigenvalue weighted by molar-refractivity contribution is 5.94. The van der Waals surface area contributed by atoms with Crippen LogP contribution in [0.25, 0.3) is 0 Å². The third-order valence-electron chi connectivity index (χ3n) is 9.72. The highest BCUT2D eigenvalue weighted by Crippen LogP contribution is 2.54. The van der Waals surface area contributed by atoms with E-state index in [1.165, 1.54) is 53.1 Å². The van der Waals surface area contributed by atoms with Gasteiger partial charge < -0.3 is 19.8 Å². The largest absolute Gasteiger partial charge is 0.486 e. The average molecular weight is 632 g/mol. The van der Waals surface area contributed by atoms with Gasteiger partial charge in [-0.05, 0) is 105 Å². The van der Waals surface area contributed by atoms with Crippen LogP contribution in [0.5, 0.6) is 5.75 Å². The molecule has 0 bridgehead atoms. The molecule has 3 aromatic rings. The first-order chi connectivity index (χ1) is 22.2. The smallest absolute Gasteiger partial charge is 0.352 e. The number of hydrogen-bond donors (Lipinski definition) is 2. The maximum Gasteiger partial charge on any atom is 0.352 e. The number of carboxylic acids is 2. The van der Waals surface area contributed by atoms with Gasteiger partial charge in [0.2, 0.25) is 0 Å². The summed E-state index contributed by atoms with van der Waals surface area (Å²) in [6.45, 7) is 0.401. The van der Waals surface area contributed by atoms with Gasteiger partial charge in [0.15, 0.2) is 0 Å². The highest BCUT2D eigenvalue weighted by Gasteiger charge is 2.48. The second kappa shape index (κ2) is 14.9. The Labute approximate surface area is 269 Å². The standard InChI is InChI=1S/C38H43F2NO5/c1-41(33(37(44)45)25-35(42)43)22-10-18-32-36-26(12-9-19-34(36)46-38(32)20-4-2-3-5-21-38)11-8-17-31(27-13-6-15-29(39)23-27)28-14-7-16-30(40)24-28/h6-7,9,12-16,19,23-25,31-32H,2-5,8,10-11,17-18,20-22H2,1H3,(H,42,43)(H,44,45). The van der Waals surface area contributed by atoms with Crippen LogP contribution in [0.2, 0.25) is 0 Å². The van der Waals surface area contributed by atoms with Crippen molar-refractivity contribution < 1.29 is 33.3 Å². The summed E-state index contributed by atoms with van der Waals surface area (Å²) in [6, 6.07) is 19.4. The molecule has 2 N–H and O–H groups in total. The van der Waals surface area contributed by atoms with E-state index in [-0.39, 0.29) is 34.8 Å². The number of likely N-dealkylation sites (N-methyl/N-ethyl adjacent to an activating group) is 1. The molecule has 1 heterocycles. The van der Waals surface area contributed by atoms with Crippen LogP contribution in [0, 0.1) is 11.6 Å². The lowest BCUT2D eigenvalue weighted by Gasteiger charge is -2.35. The van der Waals surface area contributed by atoms with E-state index < -0.39 is 11.9 Å². The fraction of sp³-hybridized carbons (Fsp3) is 0.421. The molecule has 1 aliphatic carbocycles. The summed E-state index contributed by atoms with van der Waals surface area (Å²) >= 11 is 0. The maximum atomic E-state index is 14.2. The third kappa shape index (κ3) is 7.77. The van der Waals surface area contributed by atoms with E-state index in [0.29, 0.717) is 19.4 Å². The van der Waals surface area contributed by atoms with Crippen LogP contribution in [0.4, 0.5) is 8.78 Å². The lowest BCUT2D eigenvalue weighted by atomic mass is 9.74. The Hall–Kier alpha value is -4.20. The van der Waals surface area contributed by atoms with E-state index in [4.69, 9.17) is 9.84 Å². The summed E-state index contributed by atoms with van der Waals surface area (Å²) in [5.74, 6) is -2.29. The summed E-state index contributed by atoms with van der Waals surface area (Å²) < 4.78 is 35.4. The topological polar surface area (TPSA) is 87.1 Å². The molecule has 8 heteroatoms. The maximum absolute atomic E-state index is 14.2. The third-order valence-corrected chi connectivity index (χ3v) is 9.72. The zero-order valence-corrected chi connectivity index (χ0v) is 26.4. The lowest BCUT2D eigenvalue weighted by molar-refractivity contribution is -0.136. The number of aliphatic carboxylic acids is 2. The molecule has 1 aliphatic heterocycles. The van der Waals surface area contributed by atoms with Gasteiger partial charge in [0.1, 0.15) is 28.7 Å². The number of fused-ring (bicyclic) bond motifs is 1. The Kier molecular flexibility index (Phi) is 10.8. The molecule has 1 atom stereocenters. The van der Waals surface area contributed by atoms with E-state index in [0.717, 1.165) is 67.9 Å². The van der Waals surface area contributed by atoms with Crippen molar-refractivity contribution in [1.82, 2.24) is 4.90 Å². The minimum absolute atomic E-state index is 0.129. The predicted octanol–water partition coefficient (Wildman–Crippen LogP) is 8.45. The van der Waals surface area contributed by atoms with Crippen molar-refractivity contribution >= 4 is 11.9 Å². The molecule has 0 saturated heterocycles. The molecular weight excluding hydrogens is 588 g/mol. The molecule has 6 nitrogen and oxygen atoms in total. The zero-order valence-electron chi connectivity index (χ0n) is 26.4. The van der Waals surface area contributed by atoms with Crippen LogP contribution in [-0.4, -0.2) is 46.2 Å². The molecule has 0 amide bonds. The monoisotopic (exact) mass is 631 g/mol. The second-order valence-corrected chi connectivity index (χ2v) is 12.8. The molecule has 244 valence electrons. The Morgan fingerprint density at radius 2 is 1.57 bits per heavy atom. The van der Waals surface area contributed by atoms with E-state index in [1.54, 1.807) is 19.2 Å². The van der Waals surface area contributed by atoms with Crippen LogP contribution in [0.15, 0.2) is 78.5 Å². The van der Waals surface area contributed by atoms with E-state index in [9.17, 15) is 23.5 Å².